The van der Waals surface area contributed by atoms with E-state index in [0.29, 0.717) is 18.1 Å². The number of amides is 2. The first-order valence-corrected chi connectivity index (χ1v) is 11.8. The predicted octanol–water partition coefficient (Wildman–Crippen LogP) is 4.03. The van der Waals surface area contributed by atoms with Gasteiger partial charge in [-0.1, -0.05) is 18.2 Å². The monoisotopic (exact) mass is 470 g/mol. The number of hydrogen-bond donors (Lipinski definition) is 1. The second-order valence-corrected chi connectivity index (χ2v) is 8.70. The van der Waals surface area contributed by atoms with E-state index in [0.717, 1.165) is 28.9 Å². The van der Waals surface area contributed by atoms with E-state index in [1.54, 1.807) is 39.6 Å². The highest BCUT2D eigenvalue weighted by molar-refractivity contribution is 7.13. The molecule has 1 saturated heterocycles. The third-order valence-electron chi connectivity index (χ3n) is 5.60. The van der Waals surface area contributed by atoms with Crippen molar-refractivity contribution < 1.29 is 9.59 Å². The minimum atomic E-state index is -0.508. The first kappa shape index (κ1) is 21.7. The molecule has 1 aliphatic heterocycles. The van der Waals surface area contributed by atoms with Crippen LogP contribution in [0.1, 0.15) is 18.4 Å². The average Bonchev–Trinajstić information content (AvgIpc) is 3.64. The van der Waals surface area contributed by atoms with Crippen LogP contribution in [0.5, 0.6) is 0 Å². The number of rotatable bonds is 6. The minimum Gasteiger partial charge on any atom is -0.327 e. The molecule has 0 aliphatic carbocycles. The van der Waals surface area contributed by atoms with Gasteiger partial charge in [0.05, 0.1) is 5.69 Å². The van der Waals surface area contributed by atoms with Gasteiger partial charge in [-0.2, -0.15) is 5.10 Å². The number of hydrogen-bond acceptors (Lipinski definition) is 6. The topological polar surface area (TPSA) is 93.0 Å². The summed E-state index contributed by atoms with van der Waals surface area (Å²) in [5, 5.41) is 9.88. The molecule has 0 bridgehead atoms. The standard InChI is InChI=1S/C25H22N6O2S/c32-22(30-14-5-9-21(30)24(33)28-25-27-13-15-34-25)11-10-19-17-31(20-7-2-1-3-8-20)29-23(19)18-6-4-12-26-16-18/h1-4,6-8,10-13,15-17,21H,5,9,14H2,(H,27,28,33). The smallest absolute Gasteiger partial charge is 0.248 e. The lowest BCUT2D eigenvalue weighted by Crippen LogP contribution is -2.42. The molecule has 9 heteroatoms. The lowest BCUT2D eigenvalue weighted by atomic mass is 10.1. The van der Waals surface area contributed by atoms with Crippen molar-refractivity contribution in [1.82, 2.24) is 24.6 Å². The molecule has 1 N–H and O–H groups in total. The molecule has 8 nitrogen and oxygen atoms in total. The Bertz CT molecular complexity index is 1300. The molecule has 4 aromatic rings. The molecule has 2 amide bonds. The number of carbonyl (C=O) groups is 2. The van der Waals surface area contributed by atoms with Gasteiger partial charge in [-0.15, -0.1) is 11.3 Å². The molecule has 5 rings (SSSR count). The summed E-state index contributed by atoms with van der Waals surface area (Å²) in [4.78, 5) is 35.7. The quantitative estimate of drug-likeness (QED) is 0.430. The van der Waals surface area contributed by atoms with Crippen molar-refractivity contribution in [1.29, 1.82) is 0 Å². The first-order chi connectivity index (χ1) is 16.7. The van der Waals surface area contributed by atoms with Gasteiger partial charge in [-0.25, -0.2) is 9.67 Å². The Morgan fingerprint density at radius 3 is 2.76 bits per heavy atom. The first-order valence-electron chi connectivity index (χ1n) is 10.9. The summed E-state index contributed by atoms with van der Waals surface area (Å²) in [6.45, 7) is 0.540. The second-order valence-electron chi connectivity index (χ2n) is 7.80. The molecule has 1 aliphatic rings. The Labute approximate surface area is 200 Å². The number of likely N-dealkylation sites (tertiary alicyclic amines) is 1. The number of thiazole rings is 1. The highest BCUT2D eigenvalue weighted by Crippen LogP contribution is 2.25. The van der Waals surface area contributed by atoms with Gasteiger partial charge in [0.1, 0.15) is 11.7 Å². The van der Waals surface area contributed by atoms with Crippen molar-refractivity contribution in [2.24, 2.45) is 0 Å². The number of nitrogens with zero attached hydrogens (tertiary/aromatic N) is 5. The molecule has 0 spiro atoms. The van der Waals surface area contributed by atoms with Crippen molar-refractivity contribution in [2.45, 2.75) is 18.9 Å². The summed E-state index contributed by atoms with van der Waals surface area (Å²) >= 11 is 1.35. The van der Waals surface area contributed by atoms with Crippen LogP contribution in [-0.4, -0.2) is 49.0 Å². The lowest BCUT2D eigenvalue weighted by molar-refractivity contribution is -0.132. The highest BCUT2D eigenvalue weighted by Gasteiger charge is 2.33. The van der Waals surface area contributed by atoms with E-state index in [4.69, 9.17) is 5.10 Å². The van der Waals surface area contributed by atoms with E-state index in [9.17, 15) is 9.59 Å². The molecule has 3 aromatic heterocycles. The van der Waals surface area contributed by atoms with Crippen LogP contribution in [0.2, 0.25) is 0 Å². The summed E-state index contributed by atoms with van der Waals surface area (Å²) in [5.41, 5.74) is 3.27. The van der Waals surface area contributed by atoms with Crippen LogP contribution in [0.3, 0.4) is 0 Å². The van der Waals surface area contributed by atoms with Crippen molar-refractivity contribution in [3.63, 3.8) is 0 Å². The summed E-state index contributed by atoms with van der Waals surface area (Å²) in [7, 11) is 0. The van der Waals surface area contributed by atoms with E-state index in [-0.39, 0.29) is 11.8 Å². The minimum absolute atomic E-state index is 0.206. The van der Waals surface area contributed by atoms with Gasteiger partial charge < -0.3 is 10.2 Å². The van der Waals surface area contributed by atoms with Crippen molar-refractivity contribution in [3.05, 3.63) is 84.3 Å². The van der Waals surface area contributed by atoms with Gasteiger partial charge >= 0.3 is 0 Å². The van der Waals surface area contributed by atoms with Crippen LogP contribution < -0.4 is 5.32 Å². The third-order valence-corrected chi connectivity index (χ3v) is 6.29. The van der Waals surface area contributed by atoms with Gasteiger partial charge in [-0.3, -0.25) is 14.6 Å². The highest BCUT2D eigenvalue weighted by atomic mass is 32.1. The molecule has 1 fully saturated rings. The van der Waals surface area contributed by atoms with Gasteiger partial charge in [0, 0.05) is 53.9 Å². The maximum absolute atomic E-state index is 13.1. The molecular weight excluding hydrogens is 448 g/mol. The van der Waals surface area contributed by atoms with Gasteiger partial charge in [0.2, 0.25) is 11.8 Å². The fourth-order valence-electron chi connectivity index (χ4n) is 3.98. The van der Waals surface area contributed by atoms with E-state index < -0.39 is 6.04 Å². The van der Waals surface area contributed by atoms with Gasteiger partial charge in [0.25, 0.3) is 0 Å². The zero-order chi connectivity index (χ0) is 23.3. The summed E-state index contributed by atoms with van der Waals surface area (Å²) in [5.74, 6) is -0.413. The van der Waals surface area contributed by atoms with Crippen LogP contribution in [0.4, 0.5) is 5.13 Å². The maximum atomic E-state index is 13.1. The molecular formula is C25H22N6O2S. The summed E-state index contributed by atoms with van der Waals surface area (Å²) in [6, 6.07) is 13.1. The predicted molar refractivity (Wildman–Crippen MR) is 131 cm³/mol. The zero-order valence-electron chi connectivity index (χ0n) is 18.2. The number of benzene rings is 1. The molecule has 34 heavy (non-hydrogen) atoms. The molecule has 1 unspecified atom stereocenters. The average molecular weight is 471 g/mol. The van der Waals surface area contributed by atoms with Crippen molar-refractivity contribution in [2.75, 3.05) is 11.9 Å². The summed E-state index contributed by atoms with van der Waals surface area (Å²) < 4.78 is 1.78. The maximum Gasteiger partial charge on any atom is 0.248 e. The number of para-hydroxylation sites is 1. The molecule has 1 atom stereocenters. The number of pyridine rings is 1. The van der Waals surface area contributed by atoms with Crippen LogP contribution in [0.15, 0.2) is 78.7 Å². The largest absolute Gasteiger partial charge is 0.327 e. The van der Waals surface area contributed by atoms with Crippen LogP contribution in [-0.2, 0) is 9.59 Å². The van der Waals surface area contributed by atoms with Crippen LogP contribution >= 0.6 is 11.3 Å². The Morgan fingerprint density at radius 2 is 2.00 bits per heavy atom. The number of anilines is 1. The van der Waals surface area contributed by atoms with E-state index in [2.05, 4.69) is 15.3 Å². The number of nitrogens with one attached hydrogen (secondary N) is 1. The van der Waals surface area contributed by atoms with E-state index in [1.165, 1.54) is 17.4 Å². The van der Waals surface area contributed by atoms with Crippen molar-refractivity contribution >= 4 is 34.4 Å². The normalized spacial score (nSPS) is 15.6. The Hall–Kier alpha value is -4.11. The number of carbonyl (C=O) groups excluding carboxylic acids is 2. The lowest BCUT2D eigenvalue weighted by Gasteiger charge is -2.22. The van der Waals surface area contributed by atoms with Crippen LogP contribution in [0.25, 0.3) is 23.0 Å². The van der Waals surface area contributed by atoms with E-state index >= 15 is 0 Å². The van der Waals surface area contributed by atoms with E-state index in [1.807, 2.05) is 48.7 Å². The van der Waals surface area contributed by atoms with Crippen LogP contribution in [0, 0.1) is 0 Å². The fourth-order valence-corrected chi connectivity index (χ4v) is 4.52. The second kappa shape index (κ2) is 9.80. The fraction of sp³-hybridized carbons (Fsp3) is 0.160. The van der Waals surface area contributed by atoms with Crippen molar-refractivity contribution in [3.8, 4) is 16.9 Å². The Kier molecular flexibility index (Phi) is 6.26. The molecule has 0 saturated carbocycles. The molecule has 0 radical (unpaired) electrons. The Balaban J connectivity index is 1.39. The SMILES string of the molecule is O=C(Nc1nccs1)C1CCCN1C(=O)C=Cc1cn(-c2ccccc2)nc1-c1cccnc1. The van der Waals surface area contributed by atoms with Gasteiger partial charge in [-0.05, 0) is 43.2 Å². The van der Waals surface area contributed by atoms with Gasteiger partial charge in [0.15, 0.2) is 5.13 Å². The summed E-state index contributed by atoms with van der Waals surface area (Å²) in [6.07, 6.45) is 11.7. The molecule has 170 valence electrons. The third kappa shape index (κ3) is 4.65. The Morgan fingerprint density at radius 1 is 1.12 bits per heavy atom. The number of aromatic nitrogens is 4. The molecule has 1 aromatic carbocycles. The molecule has 4 heterocycles. The zero-order valence-corrected chi connectivity index (χ0v) is 19.1.